The minimum absolute atomic E-state index is 0.396. The number of hydrogen-bond acceptors (Lipinski definition) is 4. The van der Waals surface area contributed by atoms with Crippen LogP contribution in [-0.2, 0) is 0 Å². The lowest BCUT2D eigenvalue weighted by atomic mass is 9.98. The third kappa shape index (κ3) is 2.04. The summed E-state index contributed by atoms with van der Waals surface area (Å²) in [5.41, 5.74) is 0. The van der Waals surface area contributed by atoms with Crippen molar-refractivity contribution in [3.05, 3.63) is 11.7 Å². The first-order chi connectivity index (χ1) is 7.22. The molecule has 0 radical (unpaired) electrons. The van der Waals surface area contributed by atoms with Crippen LogP contribution in [0.3, 0.4) is 0 Å². The Kier molecular flexibility index (Phi) is 3.05. The molecule has 0 saturated carbocycles. The molecule has 0 aromatic carbocycles. The molecule has 1 aliphatic rings. The number of nitrogens with zero attached hydrogens (tertiary/aromatic N) is 2. The Hall–Kier alpha value is -0.900. The lowest BCUT2D eigenvalue weighted by molar-refractivity contribution is 0.335. The van der Waals surface area contributed by atoms with Crippen LogP contribution in [0, 0.1) is 5.92 Å². The lowest BCUT2D eigenvalue weighted by Crippen LogP contribution is -2.08. The van der Waals surface area contributed by atoms with Crippen LogP contribution >= 0.6 is 0 Å². The highest BCUT2D eigenvalue weighted by Crippen LogP contribution is 2.27. The Bertz CT molecular complexity index is 323. The van der Waals surface area contributed by atoms with Gasteiger partial charge in [0.05, 0.1) is 5.92 Å². The van der Waals surface area contributed by atoms with Crippen LogP contribution in [0.1, 0.15) is 50.7 Å². The molecule has 0 bridgehead atoms. The molecule has 4 nitrogen and oxygen atoms in total. The van der Waals surface area contributed by atoms with Gasteiger partial charge in [-0.15, -0.1) is 0 Å². The molecule has 2 rings (SSSR count). The molecule has 3 unspecified atom stereocenters. The van der Waals surface area contributed by atoms with Crippen molar-refractivity contribution >= 4 is 0 Å². The zero-order valence-electron chi connectivity index (χ0n) is 9.66. The molecule has 84 valence electrons. The highest BCUT2D eigenvalue weighted by atomic mass is 16.5. The highest BCUT2D eigenvalue weighted by Gasteiger charge is 2.29. The highest BCUT2D eigenvalue weighted by molar-refractivity contribution is 5.02. The van der Waals surface area contributed by atoms with Crippen molar-refractivity contribution in [3.63, 3.8) is 0 Å². The summed E-state index contributed by atoms with van der Waals surface area (Å²) in [7, 11) is 0. The molecule has 4 heteroatoms. The molecular weight excluding hydrogens is 190 g/mol. The molecule has 1 saturated heterocycles. The van der Waals surface area contributed by atoms with Gasteiger partial charge in [-0.25, -0.2) is 0 Å². The van der Waals surface area contributed by atoms with Crippen molar-refractivity contribution < 1.29 is 4.52 Å². The van der Waals surface area contributed by atoms with E-state index in [0.29, 0.717) is 17.8 Å². The Morgan fingerprint density at radius 2 is 2.33 bits per heavy atom. The van der Waals surface area contributed by atoms with Crippen molar-refractivity contribution in [2.24, 2.45) is 5.92 Å². The van der Waals surface area contributed by atoms with E-state index in [-0.39, 0.29) is 0 Å². The van der Waals surface area contributed by atoms with Crippen LogP contribution in [0.5, 0.6) is 0 Å². The molecule has 1 aliphatic heterocycles. The van der Waals surface area contributed by atoms with Gasteiger partial charge in [-0.1, -0.05) is 25.9 Å². The van der Waals surface area contributed by atoms with Crippen molar-refractivity contribution in [1.29, 1.82) is 0 Å². The number of nitrogens with one attached hydrogen (secondary N) is 1. The SMILES string of the molecule is CCC(C)c1noc(C2CNCC2C)n1. The second-order valence-corrected chi connectivity index (χ2v) is 4.54. The fourth-order valence-electron chi connectivity index (χ4n) is 1.92. The van der Waals surface area contributed by atoms with Gasteiger partial charge in [0.2, 0.25) is 5.89 Å². The van der Waals surface area contributed by atoms with E-state index in [4.69, 9.17) is 4.52 Å². The Morgan fingerprint density at radius 3 is 2.93 bits per heavy atom. The standard InChI is InChI=1S/C11H19N3O/c1-4-7(2)10-13-11(15-14-10)9-6-12-5-8(9)3/h7-9,12H,4-6H2,1-3H3. The van der Waals surface area contributed by atoms with E-state index in [1.54, 1.807) is 0 Å². The molecule has 0 spiro atoms. The van der Waals surface area contributed by atoms with Crippen molar-refractivity contribution in [2.75, 3.05) is 13.1 Å². The van der Waals surface area contributed by atoms with Gasteiger partial charge in [-0.3, -0.25) is 0 Å². The molecule has 2 heterocycles. The molecule has 0 aliphatic carbocycles. The summed E-state index contributed by atoms with van der Waals surface area (Å²) < 4.78 is 5.34. The van der Waals surface area contributed by atoms with Gasteiger partial charge in [0.15, 0.2) is 5.82 Å². The zero-order valence-corrected chi connectivity index (χ0v) is 9.66. The van der Waals surface area contributed by atoms with Crippen LogP contribution in [-0.4, -0.2) is 23.2 Å². The summed E-state index contributed by atoms with van der Waals surface area (Å²) in [5, 5.41) is 7.40. The van der Waals surface area contributed by atoms with E-state index in [0.717, 1.165) is 31.2 Å². The largest absolute Gasteiger partial charge is 0.339 e. The molecule has 3 atom stereocenters. The third-order valence-corrected chi connectivity index (χ3v) is 3.35. The van der Waals surface area contributed by atoms with E-state index >= 15 is 0 Å². The van der Waals surface area contributed by atoms with Gasteiger partial charge >= 0.3 is 0 Å². The quantitative estimate of drug-likeness (QED) is 0.826. The van der Waals surface area contributed by atoms with Crippen molar-refractivity contribution in [3.8, 4) is 0 Å². The molecule has 15 heavy (non-hydrogen) atoms. The summed E-state index contributed by atoms with van der Waals surface area (Å²) >= 11 is 0. The third-order valence-electron chi connectivity index (χ3n) is 3.35. The van der Waals surface area contributed by atoms with E-state index in [9.17, 15) is 0 Å². The van der Waals surface area contributed by atoms with E-state index < -0.39 is 0 Å². The topological polar surface area (TPSA) is 51.0 Å². The van der Waals surface area contributed by atoms with Gasteiger partial charge in [-0.2, -0.15) is 4.98 Å². The summed E-state index contributed by atoms with van der Waals surface area (Å²) in [5.74, 6) is 3.05. The van der Waals surface area contributed by atoms with Gasteiger partial charge in [0.25, 0.3) is 0 Å². The molecule has 1 aromatic heterocycles. The fourth-order valence-corrected chi connectivity index (χ4v) is 1.92. The predicted octanol–water partition coefficient (Wildman–Crippen LogP) is 1.91. The van der Waals surface area contributed by atoms with E-state index in [1.807, 2.05) is 0 Å². The maximum Gasteiger partial charge on any atom is 0.231 e. The minimum Gasteiger partial charge on any atom is -0.339 e. The maximum absolute atomic E-state index is 5.34. The average molecular weight is 209 g/mol. The summed E-state index contributed by atoms with van der Waals surface area (Å²) in [6, 6.07) is 0. The smallest absolute Gasteiger partial charge is 0.231 e. The number of aromatic nitrogens is 2. The molecule has 0 amide bonds. The van der Waals surface area contributed by atoms with Crippen LogP contribution in [0.15, 0.2) is 4.52 Å². The van der Waals surface area contributed by atoms with Gasteiger partial charge in [0, 0.05) is 12.5 Å². The van der Waals surface area contributed by atoms with Gasteiger partial charge < -0.3 is 9.84 Å². The molecular formula is C11H19N3O. The predicted molar refractivity (Wildman–Crippen MR) is 57.8 cm³/mol. The Balaban J connectivity index is 2.12. The Labute approximate surface area is 90.4 Å². The number of rotatable bonds is 3. The zero-order chi connectivity index (χ0) is 10.8. The van der Waals surface area contributed by atoms with Crippen LogP contribution in [0.25, 0.3) is 0 Å². The summed E-state index contributed by atoms with van der Waals surface area (Å²) in [6.07, 6.45) is 1.05. The molecule has 1 N–H and O–H groups in total. The molecule has 1 fully saturated rings. The second-order valence-electron chi connectivity index (χ2n) is 4.54. The first kappa shape index (κ1) is 10.6. The maximum atomic E-state index is 5.34. The first-order valence-corrected chi connectivity index (χ1v) is 5.76. The van der Waals surface area contributed by atoms with Crippen LogP contribution < -0.4 is 5.32 Å². The summed E-state index contributed by atoms with van der Waals surface area (Å²) in [4.78, 5) is 4.50. The normalized spacial score (nSPS) is 28.2. The van der Waals surface area contributed by atoms with Crippen molar-refractivity contribution in [2.45, 2.75) is 39.0 Å². The monoisotopic (exact) mass is 209 g/mol. The van der Waals surface area contributed by atoms with E-state index in [2.05, 4.69) is 36.2 Å². The second kappa shape index (κ2) is 4.31. The number of hydrogen-bond donors (Lipinski definition) is 1. The Morgan fingerprint density at radius 1 is 1.53 bits per heavy atom. The van der Waals surface area contributed by atoms with Crippen molar-refractivity contribution in [1.82, 2.24) is 15.5 Å². The van der Waals surface area contributed by atoms with Gasteiger partial charge in [0.1, 0.15) is 0 Å². The molecule has 1 aromatic rings. The van der Waals surface area contributed by atoms with Crippen LogP contribution in [0.2, 0.25) is 0 Å². The van der Waals surface area contributed by atoms with Gasteiger partial charge in [-0.05, 0) is 18.9 Å². The van der Waals surface area contributed by atoms with E-state index in [1.165, 1.54) is 0 Å². The minimum atomic E-state index is 0.396. The first-order valence-electron chi connectivity index (χ1n) is 5.76. The van der Waals surface area contributed by atoms with Crippen LogP contribution in [0.4, 0.5) is 0 Å². The fraction of sp³-hybridized carbons (Fsp3) is 0.818. The summed E-state index contributed by atoms with van der Waals surface area (Å²) in [6.45, 7) is 8.50. The average Bonchev–Trinajstić information content (AvgIpc) is 2.84. The lowest BCUT2D eigenvalue weighted by Gasteiger charge is -2.07.